The fourth-order valence-electron chi connectivity index (χ4n) is 3.93. The van der Waals surface area contributed by atoms with Crippen molar-refractivity contribution in [3.63, 3.8) is 0 Å². The van der Waals surface area contributed by atoms with Crippen LogP contribution in [0.5, 0.6) is 0 Å². The second-order valence-corrected chi connectivity index (χ2v) is 8.81. The molecule has 2 N–H and O–H groups in total. The number of hydrogen-bond acceptors (Lipinski definition) is 5. The number of carbonyl (C=O) groups is 1. The summed E-state index contributed by atoms with van der Waals surface area (Å²) in [6.45, 7) is 0.689. The van der Waals surface area contributed by atoms with Crippen LogP contribution in [0.1, 0.15) is 63.8 Å². The van der Waals surface area contributed by atoms with Crippen LogP contribution < -0.4 is 10.6 Å². The van der Waals surface area contributed by atoms with Gasteiger partial charge in [-0.2, -0.15) is 0 Å². The van der Waals surface area contributed by atoms with E-state index in [2.05, 4.69) is 10.6 Å². The van der Waals surface area contributed by atoms with Gasteiger partial charge in [-0.05, 0) is 61.8 Å². The third-order valence-corrected chi connectivity index (χ3v) is 6.86. The van der Waals surface area contributed by atoms with Gasteiger partial charge in [-0.3, -0.25) is 4.79 Å². The molecule has 0 atom stereocenters. The van der Waals surface area contributed by atoms with Crippen molar-refractivity contribution in [2.75, 3.05) is 12.4 Å². The molecule has 28 heavy (non-hydrogen) atoms. The zero-order valence-electron chi connectivity index (χ0n) is 16.0. The van der Waals surface area contributed by atoms with Crippen LogP contribution in [0.15, 0.2) is 24.3 Å². The highest BCUT2D eigenvalue weighted by molar-refractivity contribution is 7.19. The lowest BCUT2D eigenvalue weighted by Gasteiger charge is -2.13. The Morgan fingerprint density at radius 2 is 1.93 bits per heavy atom. The van der Waals surface area contributed by atoms with E-state index in [1.165, 1.54) is 47.9 Å². The van der Waals surface area contributed by atoms with E-state index < -0.39 is 0 Å². The lowest BCUT2D eigenvalue weighted by molar-refractivity contribution is 0.0963. The highest BCUT2D eigenvalue weighted by Crippen LogP contribution is 2.43. The second-order valence-electron chi connectivity index (χ2n) is 7.73. The number of hydrogen-bond donors (Lipinski definition) is 2. The maximum absolute atomic E-state index is 11.7. The Hall–Kier alpha value is -2.47. The summed E-state index contributed by atoms with van der Waals surface area (Å²) >= 11 is 1.87. The van der Waals surface area contributed by atoms with Crippen LogP contribution in [0.3, 0.4) is 0 Å². The van der Waals surface area contributed by atoms with Crippen LogP contribution >= 0.6 is 11.3 Å². The number of amides is 1. The number of benzene rings is 1. The third-order valence-electron chi connectivity index (χ3n) is 5.68. The van der Waals surface area contributed by atoms with Crippen molar-refractivity contribution >= 4 is 33.3 Å². The Balaban J connectivity index is 1.45. The molecule has 0 radical (unpaired) electrons. The summed E-state index contributed by atoms with van der Waals surface area (Å²) in [5.74, 6) is 2.47. The van der Waals surface area contributed by atoms with E-state index in [1.807, 2.05) is 35.6 Å². The van der Waals surface area contributed by atoms with Gasteiger partial charge in [0.2, 0.25) is 0 Å². The van der Waals surface area contributed by atoms with Gasteiger partial charge in [0, 0.05) is 30.0 Å². The van der Waals surface area contributed by atoms with E-state index in [1.54, 1.807) is 7.05 Å². The number of aromatic nitrogens is 2. The Kier molecular flexibility index (Phi) is 4.51. The zero-order chi connectivity index (χ0) is 19.1. The topological polar surface area (TPSA) is 66.9 Å². The van der Waals surface area contributed by atoms with Crippen molar-refractivity contribution in [2.45, 2.75) is 51.0 Å². The minimum Gasteiger partial charge on any atom is -0.365 e. The van der Waals surface area contributed by atoms with Gasteiger partial charge in [0.1, 0.15) is 16.5 Å². The molecule has 0 spiro atoms. The molecule has 5 rings (SSSR count). The molecular weight excluding hydrogens is 368 g/mol. The molecule has 1 fully saturated rings. The highest BCUT2D eigenvalue weighted by Gasteiger charge is 2.29. The molecule has 144 valence electrons. The monoisotopic (exact) mass is 392 g/mol. The van der Waals surface area contributed by atoms with Gasteiger partial charge < -0.3 is 10.6 Å². The van der Waals surface area contributed by atoms with Gasteiger partial charge in [0.25, 0.3) is 5.91 Å². The Labute approximate surface area is 168 Å². The minimum atomic E-state index is -0.0593. The van der Waals surface area contributed by atoms with E-state index in [-0.39, 0.29) is 5.91 Å². The second kappa shape index (κ2) is 7.17. The number of anilines is 1. The van der Waals surface area contributed by atoms with E-state index >= 15 is 0 Å². The van der Waals surface area contributed by atoms with Crippen LogP contribution in [0.2, 0.25) is 0 Å². The summed E-state index contributed by atoms with van der Waals surface area (Å²) in [6, 6.07) is 7.74. The quantitative estimate of drug-likeness (QED) is 0.675. The Morgan fingerprint density at radius 3 is 2.68 bits per heavy atom. The van der Waals surface area contributed by atoms with E-state index in [4.69, 9.17) is 9.97 Å². The van der Waals surface area contributed by atoms with E-state index in [9.17, 15) is 4.79 Å². The van der Waals surface area contributed by atoms with E-state index in [0.29, 0.717) is 18.0 Å². The summed E-state index contributed by atoms with van der Waals surface area (Å²) in [5.41, 5.74) is 3.28. The highest BCUT2D eigenvalue weighted by atomic mass is 32.1. The van der Waals surface area contributed by atoms with Crippen molar-refractivity contribution < 1.29 is 4.79 Å². The van der Waals surface area contributed by atoms with Crippen LogP contribution in [0, 0.1) is 0 Å². The molecule has 2 aliphatic rings. The lowest BCUT2D eigenvalue weighted by Crippen LogP contribution is -2.17. The molecular formula is C22H24N4OS. The van der Waals surface area contributed by atoms with Crippen LogP contribution in [-0.4, -0.2) is 22.9 Å². The molecule has 1 amide bonds. The average molecular weight is 393 g/mol. The Morgan fingerprint density at radius 1 is 1.14 bits per heavy atom. The standard InChI is InChI=1S/C22H24N4OS/c1-23-21(27)15-8-6-13(7-9-15)12-24-20-18-16-4-2-3-5-17(16)28-22(18)26-19(25-20)14-10-11-14/h6-9,14H,2-5,10-12H2,1H3,(H,23,27)(H,24,25,26). The summed E-state index contributed by atoms with van der Waals surface area (Å²) in [6.07, 6.45) is 7.26. The van der Waals surface area contributed by atoms with Crippen molar-refractivity contribution in [3.8, 4) is 0 Å². The minimum absolute atomic E-state index is 0.0593. The molecule has 6 heteroatoms. The van der Waals surface area contributed by atoms with E-state index in [0.717, 1.165) is 28.5 Å². The predicted octanol–water partition coefficient (Wildman–Crippen LogP) is 4.42. The van der Waals surface area contributed by atoms with Gasteiger partial charge in [-0.25, -0.2) is 9.97 Å². The number of nitrogens with zero attached hydrogens (tertiary/aromatic N) is 2. The fourth-order valence-corrected chi connectivity index (χ4v) is 5.20. The van der Waals surface area contributed by atoms with Crippen molar-refractivity contribution in [2.24, 2.45) is 0 Å². The van der Waals surface area contributed by atoms with Crippen molar-refractivity contribution in [1.29, 1.82) is 0 Å². The number of aryl methyl sites for hydroxylation is 2. The molecule has 0 unspecified atom stereocenters. The maximum Gasteiger partial charge on any atom is 0.251 e. The average Bonchev–Trinajstić information content (AvgIpc) is 3.52. The van der Waals surface area contributed by atoms with Gasteiger partial charge in [0.15, 0.2) is 0 Å². The summed E-state index contributed by atoms with van der Waals surface area (Å²) < 4.78 is 0. The molecule has 0 bridgehead atoms. The molecule has 5 nitrogen and oxygen atoms in total. The molecule has 2 aromatic heterocycles. The predicted molar refractivity (Wildman–Crippen MR) is 113 cm³/mol. The third kappa shape index (κ3) is 3.26. The van der Waals surface area contributed by atoms with Crippen molar-refractivity contribution in [3.05, 3.63) is 51.7 Å². The molecule has 3 aromatic rings. The summed E-state index contributed by atoms with van der Waals surface area (Å²) in [4.78, 5) is 24.2. The Bertz CT molecular complexity index is 1040. The first-order chi connectivity index (χ1) is 13.7. The van der Waals surface area contributed by atoms with Gasteiger partial charge in [-0.15, -0.1) is 11.3 Å². The SMILES string of the molecule is CNC(=O)c1ccc(CNc2nc(C3CC3)nc3sc4c(c23)CCCC4)cc1. The van der Waals surface area contributed by atoms with Gasteiger partial charge in [0.05, 0.1) is 5.39 Å². The lowest BCUT2D eigenvalue weighted by atomic mass is 9.97. The van der Waals surface area contributed by atoms with Crippen LogP contribution in [0.4, 0.5) is 5.82 Å². The first-order valence-electron chi connectivity index (χ1n) is 10.1. The first kappa shape index (κ1) is 17.6. The molecule has 1 aromatic carbocycles. The zero-order valence-corrected chi connectivity index (χ0v) is 16.9. The number of rotatable bonds is 5. The van der Waals surface area contributed by atoms with Gasteiger partial charge >= 0.3 is 0 Å². The summed E-state index contributed by atoms with van der Waals surface area (Å²) in [5, 5.41) is 7.48. The van der Waals surface area contributed by atoms with Crippen LogP contribution in [0.25, 0.3) is 10.2 Å². The smallest absolute Gasteiger partial charge is 0.251 e. The summed E-state index contributed by atoms with van der Waals surface area (Å²) in [7, 11) is 1.65. The van der Waals surface area contributed by atoms with Gasteiger partial charge in [-0.1, -0.05) is 12.1 Å². The number of thiophene rings is 1. The normalized spacial score (nSPS) is 16.0. The number of fused-ring (bicyclic) bond motifs is 3. The number of nitrogens with one attached hydrogen (secondary N) is 2. The fraction of sp³-hybridized carbons (Fsp3) is 0.409. The largest absolute Gasteiger partial charge is 0.365 e. The molecule has 0 aliphatic heterocycles. The molecule has 0 saturated heterocycles. The van der Waals surface area contributed by atoms with Crippen molar-refractivity contribution in [1.82, 2.24) is 15.3 Å². The number of carbonyl (C=O) groups excluding carboxylic acids is 1. The first-order valence-corrected chi connectivity index (χ1v) is 10.9. The van der Waals surface area contributed by atoms with Crippen LogP contribution in [-0.2, 0) is 19.4 Å². The maximum atomic E-state index is 11.7. The molecule has 2 heterocycles. The molecule has 2 aliphatic carbocycles. The molecule has 1 saturated carbocycles.